The van der Waals surface area contributed by atoms with E-state index in [4.69, 9.17) is 0 Å². The van der Waals surface area contributed by atoms with Crippen LogP contribution in [0.3, 0.4) is 0 Å². The summed E-state index contributed by atoms with van der Waals surface area (Å²) in [4.78, 5) is 4.32. The predicted octanol–water partition coefficient (Wildman–Crippen LogP) is 2.92. The van der Waals surface area contributed by atoms with Gasteiger partial charge in [0.05, 0.1) is 5.52 Å². The average molecular weight is 273 g/mol. The first-order chi connectivity index (χ1) is 10.2. The lowest BCUT2D eigenvalue weighted by Gasteiger charge is -2.05. The summed E-state index contributed by atoms with van der Waals surface area (Å²) in [6, 6.07) is 10.1. The lowest BCUT2D eigenvalue weighted by molar-refractivity contribution is 1.04. The lowest BCUT2D eigenvalue weighted by atomic mass is 10.1. The summed E-state index contributed by atoms with van der Waals surface area (Å²) in [5.74, 6) is 0. The molecule has 4 rings (SSSR count). The van der Waals surface area contributed by atoms with Crippen LogP contribution in [0, 0.1) is 25.2 Å². The van der Waals surface area contributed by atoms with Crippen LogP contribution in [-0.2, 0) is 0 Å². The molecule has 0 fully saturated rings. The van der Waals surface area contributed by atoms with E-state index in [2.05, 4.69) is 28.2 Å². The number of hydrogen-bond acceptors (Lipinski definition) is 4. The van der Waals surface area contributed by atoms with Gasteiger partial charge in [0.1, 0.15) is 17.1 Å². The highest BCUT2D eigenvalue weighted by molar-refractivity contribution is 5.99. The van der Waals surface area contributed by atoms with Crippen molar-refractivity contribution in [3.8, 4) is 6.07 Å². The van der Waals surface area contributed by atoms with Crippen LogP contribution in [0.2, 0.25) is 0 Å². The molecule has 21 heavy (non-hydrogen) atoms. The van der Waals surface area contributed by atoms with E-state index in [9.17, 15) is 5.26 Å². The summed E-state index contributed by atoms with van der Waals surface area (Å²) < 4.78 is 1.85. The fraction of sp³-hybridized carbons (Fsp3) is 0.125. The Kier molecular flexibility index (Phi) is 2.24. The second-order valence-electron chi connectivity index (χ2n) is 5.14. The Balaban J connectivity index is 2.36. The Morgan fingerprint density at radius 2 is 1.95 bits per heavy atom. The number of benzene rings is 1. The van der Waals surface area contributed by atoms with Gasteiger partial charge in [-0.25, -0.2) is 0 Å². The first kappa shape index (κ1) is 11.8. The normalized spacial score (nSPS) is 11.3. The Bertz CT molecular complexity index is 1070. The quantitative estimate of drug-likeness (QED) is 0.494. The van der Waals surface area contributed by atoms with Crippen molar-refractivity contribution in [1.82, 2.24) is 19.6 Å². The lowest BCUT2D eigenvalue weighted by Crippen LogP contribution is -1.98. The van der Waals surface area contributed by atoms with Crippen LogP contribution in [0.4, 0.5) is 0 Å². The van der Waals surface area contributed by atoms with E-state index in [1.54, 1.807) is 6.20 Å². The van der Waals surface area contributed by atoms with Gasteiger partial charge in [-0.1, -0.05) is 0 Å². The minimum absolute atomic E-state index is 0.503. The summed E-state index contributed by atoms with van der Waals surface area (Å²) in [5, 5.41) is 19.0. The molecule has 5 nitrogen and oxygen atoms in total. The number of pyridine rings is 1. The molecule has 0 amide bonds. The molecule has 0 radical (unpaired) electrons. The molecule has 1 aromatic carbocycles. The van der Waals surface area contributed by atoms with Crippen LogP contribution >= 0.6 is 0 Å². The van der Waals surface area contributed by atoms with Crippen molar-refractivity contribution in [2.75, 3.05) is 0 Å². The smallest absolute Gasteiger partial charge is 0.170 e. The fourth-order valence-electron chi connectivity index (χ4n) is 2.69. The highest BCUT2D eigenvalue weighted by Crippen LogP contribution is 2.27. The van der Waals surface area contributed by atoms with E-state index < -0.39 is 0 Å². The third kappa shape index (κ3) is 1.47. The van der Waals surface area contributed by atoms with Gasteiger partial charge in [-0.15, -0.1) is 10.2 Å². The van der Waals surface area contributed by atoms with E-state index in [0.717, 1.165) is 27.5 Å². The molecule has 0 bridgehead atoms. The van der Waals surface area contributed by atoms with Gasteiger partial charge >= 0.3 is 0 Å². The van der Waals surface area contributed by atoms with E-state index >= 15 is 0 Å². The SMILES string of the molecule is Cc1cc2nnc3c4cccnc4c(C#N)n3c2cc1C. The highest BCUT2D eigenvalue weighted by atomic mass is 15.2. The van der Waals surface area contributed by atoms with E-state index in [-0.39, 0.29) is 0 Å². The molecule has 0 saturated carbocycles. The zero-order valence-electron chi connectivity index (χ0n) is 11.6. The summed E-state index contributed by atoms with van der Waals surface area (Å²) in [6.45, 7) is 4.09. The largest absolute Gasteiger partial charge is 0.279 e. The van der Waals surface area contributed by atoms with Crippen LogP contribution in [0.15, 0.2) is 30.5 Å². The summed E-state index contributed by atoms with van der Waals surface area (Å²) in [6.07, 6.45) is 1.69. The highest BCUT2D eigenvalue weighted by Gasteiger charge is 2.16. The van der Waals surface area contributed by atoms with Crippen molar-refractivity contribution in [1.29, 1.82) is 5.26 Å². The molecule has 0 aliphatic heterocycles. The van der Waals surface area contributed by atoms with Gasteiger partial charge in [-0.2, -0.15) is 5.26 Å². The summed E-state index contributed by atoms with van der Waals surface area (Å²) in [7, 11) is 0. The number of hydrogen-bond donors (Lipinski definition) is 0. The monoisotopic (exact) mass is 273 g/mol. The molecule has 3 aromatic heterocycles. The molecule has 5 heteroatoms. The maximum atomic E-state index is 9.55. The molecule has 0 unspecified atom stereocenters. The standard InChI is InChI=1S/C16H11N5/c1-9-6-12-13(7-10(9)2)21-14(8-17)15-11(4-3-5-18-15)16(21)20-19-12/h3-7H,1-2H3. The average Bonchev–Trinajstić information content (AvgIpc) is 2.83. The minimum Gasteiger partial charge on any atom is -0.279 e. The fourth-order valence-corrected chi connectivity index (χ4v) is 2.69. The molecular weight excluding hydrogens is 262 g/mol. The second kappa shape index (κ2) is 4.00. The van der Waals surface area contributed by atoms with Crippen molar-refractivity contribution < 1.29 is 0 Å². The topological polar surface area (TPSA) is 66.9 Å². The maximum absolute atomic E-state index is 9.55. The molecule has 0 saturated heterocycles. The van der Waals surface area contributed by atoms with Gasteiger partial charge in [0, 0.05) is 11.6 Å². The number of nitriles is 1. The number of nitrogens with zero attached hydrogens (tertiary/aromatic N) is 5. The molecule has 0 aliphatic rings. The van der Waals surface area contributed by atoms with Gasteiger partial charge < -0.3 is 0 Å². The molecule has 0 atom stereocenters. The number of fused-ring (bicyclic) bond motifs is 5. The van der Waals surface area contributed by atoms with Crippen molar-refractivity contribution in [3.63, 3.8) is 0 Å². The molecule has 100 valence electrons. The first-order valence-corrected chi connectivity index (χ1v) is 6.63. The van der Waals surface area contributed by atoms with Crippen LogP contribution < -0.4 is 0 Å². The van der Waals surface area contributed by atoms with Crippen LogP contribution in [-0.4, -0.2) is 19.6 Å². The van der Waals surface area contributed by atoms with Gasteiger partial charge in [-0.05, 0) is 49.2 Å². The number of aryl methyl sites for hydroxylation is 2. The van der Waals surface area contributed by atoms with Gasteiger partial charge in [0.25, 0.3) is 0 Å². The van der Waals surface area contributed by atoms with Gasteiger partial charge in [-0.3, -0.25) is 9.38 Å². The molecular formula is C16H11N5. The van der Waals surface area contributed by atoms with E-state index in [0.29, 0.717) is 16.9 Å². The molecule has 4 aromatic rings. The molecule has 0 spiro atoms. The van der Waals surface area contributed by atoms with Crippen LogP contribution in [0.25, 0.3) is 27.6 Å². The third-order valence-corrected chi connectivity index (χ3v) is 3.90. The van der Waals surface area contributed by atoms with Crippen LogP contribution in [0.5, 0.6) is 0 Å². The summed E-state index contributed by atoms with van der Waals surface area (Å²) in [5.41, 5.74) is 5.82. The molecule has 3 heterocycles. The zero-order chi connectivity index (χ0) is 14.6. The molecule has 0 N–H and O–H groups in total. The van der Waals surface area contributed by atoms with Gasteiger partial charge in [0.15, 0.2) is 11.3 Å². The Morgan fingerprint density at radius 3 is 2.76 bits per heavy atom. The van der Waals surface area contributed by atoms with Crippen molar-refractivity contribution in [2.24, 2.45) is 0 Å². The minimum atomic E-state index is 0.503. The maximum Gasteiger partial charge on any atom is 0.170 e. The van der Waals surface area contributed by atoms with Crippen molar-refractivity contribution in [2.45, 2.75) is 13.8 Å². The number of aromatic nitrogens is 4. The summed E-state index contributed by atoms with van der Waals surface area (Å²) >= 11 is 0. The Hall–Kier alpha value is -3.00. The van der Waals surface area contributed by atoms with Crippen molar-refractivity contribution >= 4 is 27.6 Å². The Labute approximate surface area is 120 Å². The van der Waals surface area contributed by atoms with Crippen molar-refractivity contribution in [3.05, 3.63) is 47.3 Å². The van der Waals surface area contributed by atoms with E-state index in [1.807, 2.05) is 35.6 Å². The second-order valence-corrected chi connectivity index (χ2v) is 5.14. The third-order valence-electron chi connectivity index (χ3n) is 3.90. The zero-order valence-corrected chi connectivity index (χ0v) is 11.6. The number of rotatable bonds is 0. The van der Waals surface area contributed by atoms with Gasteiger partial charge in [0.2, 0.25) is 0 Å². The van der Waals surface area contributed by atoms with Crippen LogP contribution in [0.1, 0.15) is 16.8 Å². The molecule has 0 aliphatic carbocycles. The Morgan fingerprint density at radius 1 is 1.14 bits per heavy atom. The predicted molar refractivity (Wildman–Crippen MR) is 80.0 cm³/mol. The van der Waals surface area contributed by atoms with E-state index in [1.165, 1.54) is 0 Å². The first-order valence-electron chi connectivity index (χ1n) is 6.63.